The number of ether oxygens (including phenoxy) is 1. The quantitative estimate of drug-likeness (QED) is 0.453. The first-order chi connectivity index (χ1) is 14.4. The normalized spacial score (nSPS) is 11.5. The molecule has 31 heavy (non-hydrogen) atoms. The summed E-state index contributed by atoms with van der Waals surface area (Å²) in [6, 6.07) is 10.8. The van der Waals surface area contributed by atoms with Crippen LogP contribution in [0.5, 0.6) is 5.75 Å². The minimum Gasteiger partial charge on any atom is -0.489 e. The van der Waals surface area contributed by atoms with Crippen LogP contribution in [0.15, 0.2) is 42.5 Å². The van der Waals surface area contributed by atoms with Crippen LogP contribution < -0.4 is 10.1 Å². The van der Waals surface area contributed by atoms with Crippen LogP contribution in [-0.4, -0.2) is 12.5 Å². The van der Waals surface area contributed by atoms with Gasteiger partial charge in [-0.3, -0.25) is 4.79 Å². The van der Waals surface area contributed by atoms with Gasteiger partial charge in [0.15, 0.2) is 0 Å². The lowest BCUT2D eigenvalue weighted by atomic mass is 9.91. The molecule has 0 radical (unpaired) electrons. The van der Waals surface area contributed by atoms with Crippen LogP contribution in [0.3, 0.4) is 0 Å². The van der Waals surface area contributed by atoms with E-state index >= 15 is 0 Å². The van der Waals surface area contributed by atoms with Crippen molar-refractivity contribution < 1.29 is 9.53 Å². The minimum atomic E-state index is -0.0581. The molecule has 0 aliphatic rings. The summed E-state index contributed by atoms with van der Waals surface area (Å²) in [5.74, 6) is 1.41. The maximum absolute atomic E-state index is 12.6. The molecule has 0 aliphatic heterocycles. The maximum atomic E-state index is 12.6. The summed E-state index contributed by atoms with van der Waals surface area (Å²) in [5.41, 5.74) is 7.55. The van der Waals surface area contributed by atoms with Crippen LogP contribution >= 0.6 is 0 Å². The maximum Gasteiger partial charge on any atom is 0.224 e. The van der Waals surface area contributed by atoms with Crippen molar-refractivity contribution in [3.8, 4) is 5.75 Å². The van der Waals surface area contributed by atoms with Crippen molar-refractivity contribution in [1.29, 1.82) is 0 Å². The third-order valence-corrected chi connectivity index (χ3v) is 5.32. The van der Waals surface area contributed by atoms with Gasteiger partial charge in [-0.2, -0.15) is 0 Å². The summed E-state index contributed by atoms with van der Waals surface area (Å²) in [5, 5.41) is 3.17. The molecule has 0 bridgehead atoms. The Bertz CT molecular complexity index is 931. The van der Waals surface area contributed by atoms with E-state index in [9.17, 15) is 4.79 Å². The zero-order chi connectivity index (χ0) is 23.3. The molecule has 0 saturated heterocycles. The zero-order valence-electron chi connectivity index (χ0n) is 20.6. The number of hydrogen-bond acceptors (Lipinski definition) is 2. The fourth-order valence-electron chi connectivity index (χ4n) is 3.62. The predicted molar refractivity (Wildman–Crippen MR) is 132 cm³/mol. The first kappa shape index (κ1) is 24.7. The summed E-state index contributed by atoms with van der Waals surface area (Å²) < 4.78 is 6.12. The van der Waals surface area contributed by atoms with E-state index in [1.54, 1.807) is 0 Å². The highest BCUT2D eigenvalue weighted by molar-refractivity contribution is 5.93. The first-order valence-electron chi connectivity index (χ1n) is 11.2. The van der Waals surface area contributed by atoms with E-state index in [4.69, 9.17) is 4.74 Å². The Balaban J connectivity index is 2.43. The summed E-state index contributed by atoms with van der Waals surface area (Å²) in [6.07, 6.45) is 1.23. The van der Waals surface area contributed by atoms with Crippen LogP contribution in [0.2, 0.25) is 0 Å². The molecule has 0 spiro atoms. The molecule has 1 N–H and O–H groups in total. The van der Waals surface area contributed by atoms with E-state index in [0.29, 0.717) is 18.9 Å². The molecule has 0 saturated carbocycles. The highest BCUT2D eigenvalue weighted by Crippen LogP contribution is 2.35. The van der Waals surface area contributed by atoms with Crippen LogP contribution in [0.25, 0.3) is 0 Å². The van der Waals surface area contributed by atoms with Crippen molar-refractivity contribution in [2.24, 2.45) is 5.41 Å². The van der Waals surface area contributed by atoms with Gasteiger partial charge in [0.2, 0.25) is 5.91 Å². The lowest BCUT2D eigenvalue weighted by Gasteiger charge is -2.22. The highest BCUT2D eigenvalue weighted by atomic mass is 16.5. The summed E-state index contributed by atoms with van der Waals surface area (Å²) in [6.45, 7) is 21.1. The second kappa shape index (κ2) is 10.2. The van der Waals surface area contributed by atoms with Crippen molar-refractivity contribution in [3.05, 3.63) is 70.3 Å². The molecule has 0 heterocycles. The van der Waals surface area contributed by atoms with Gasteiger partial charge in [-0.25, -0.2) is 0 Å². The molecule has 0 fully saturated rings. The van der Waals surface area contributed by atoms with Crippen molar-refractivity contribution in [2.75, 3.05) is 11.9 Å². The minimum absolute atomic E-state index is 0.0431. The van der Waals surface area contributed by atoms with E-state index < -0.39 is 0 Å². The molecule has 2 rings (SSSR count). The average molecular weight is 422 g/mol. The zero-order valence-corrected chi connectivity index (χ0v) is 20.6. The standard InChI is InChI=1S/C28H39NO2/c1-18(2)17-31-25-14-20(5)27(29-26(30)16-28(7,8)9)21(6)24(25)15-22-10-12-23(13-11-22)19(3)4/h10-14,19H,1,15-17H2,2-9H3,(H,29,30). The molecular weight excluding hydrogens is 382 g/mol. The van der Waals surface area contributed by atoms with Crippen LogP contribution in [0.1, 0.15) is 81.7 Å². The molecule has 0 aliphatic carbocycles. The number of rotatable bonds is 8. The topological polar surface area (TPSA) is 38.3 Å². The number of hydrogen-bond donors (Lipinski definition) is 1. The number of amides is 1. The van der Waals surface area contributed by atoms with Crippen molar-refractivity contribution in [3.63, 3.8) is 0 Å². The Hall–Kier alpha value is -2.55. The number of carbonyl (C=O) groups excluding carboxylic acids is 1. The Kier molecular flexibility index (Phi) is 8.11. The van der Waals surface area contributed by atoms with Gasteiger partial charge in [0.1, 0.15) is 12.4 Å². The predicted octanol–water partition coefficient (Wildman–Crippen LogP) is 7.35. The Morgan fingerprint density at radius 1 is 1.13 bits per heavy atom. The fourth-order valence-corrected chi connectivity index (χ4v) is 3.62. The molecule has 0 unspecified atom stereocenters. The van der Waals surface area contributed by atoms with E-state index in [2.05, 4.69) is 77.7 Å². The highest BCUT2D eigenvalue weighted by Gasteiger charge is 2.20. The lowest BCUT2D eigenvalue weighted by molar-refractivity contribution is -0.117. The van der Waals surface area contributed by atoms with E-state index in [1.807, 2.05) is 19.9 Å². The SMILES string of the molecule is C=C(C)COc1cc(C)c(NC(=O)CC(C)(C)C)c(C)c1Cc1ccc(C(C)C)cc1. The largest absolute Gasteiger partial charge is 0.489 e. The van der Waals surface area contributed by atoms with Gasteiger partial charge in [0.25, 0.3) is 0 Å². The van der Waals surface area contributed by atoms with Gasteiger partial charge in [0.05, 0.1) is 0 Å². The monoisotopic (exact) mass is 421 g/mol. The molecule has 3 nitrogen and oxygen atoms in total. The van der Waals surface area contributed by atoms with Gasteiger partial charge in [-0.05, 0) is 66.0 Å². The third kappa shape index (κ3) is 7.27. The Morgan fingerprint density at radius 2 is 1.74 bits per heavy atom. The summed E-state index contributed by atoms with van der Waals surface area (Å²) in [7, 11) is 0. The molecule has 2 aromatic rings. The summed E-state index contributed by atoms with van der Waals surface area (Å²) in [4.78, 5) is 12.6. The first-order valence-corrected chi connectivity index (χ1v) is 11.2. The number of carbonyl (C=O) groups is 1. The molecule has 0 aromatic heterocycles. The number of anilines is 1. The average Bonchev–Trinajstić information content (AvgIpc) is 2.65. The van der Waals surface area contributed by atoms with Crippen molar-refractivity contribution >= 4 is 11.6 Å². The second-order valence-corrected chi connectivity index (χ2v) is 10.3. The van der Waals surface area contributed by atoms with E-state index in [1.165, 1.54) is 11.1 Å². The van der Waals surface area contributed by atoms with Crippen molar-refractivity contribution in [2.45, 2.75) is 74.1 Å². The third-order valence-electron chi connectivity index (χ3n) is 5.32. The van der Waals surface area contributed by atoms with Crippen LogP contribution in [0.4, 0.5) is 5.69 Å². The van der Waals surface area contributed by atoms with Gasteiger partial charge in [-0.15, -0.1) is 0 Å². The van der Waals surface area contributed by atoms with E-state index in [0.717, 1.165) is 40.1 Å². The fraction of sp³-hybridized carbons (Fsp3) is 0.464. The molecule has 168 valence electrons. The Labute approximate surface area is 188 Å². The molecule has 0 atom stereocenters. The second-order valence-electron chi connectivity index (χ2n) is 10.3. The van der Waals surface area contributed by atoms with Gasteiger partial charge < -0.3 is 10.1 Å². The van der Waals surface area contributed by atoms with E-state index in [-0.39, 0.29) is 11.3 Å². The lowest BCUT2D eigenvalue weighted by Crippen LogP contribution is -2.21. The Morgan fingerprint density at radius 3 is 2.26 bits per heavy atom. The molecule has 1 amide bonds. The van der Waals surface area contributed by atoms with Crippen LogP contribution in [-0.2, 0) is 11.2 Å². The van der Waals surface area contributed by atoms with Crippen molar-refractivity contribution in [1.82, 2.24) is 0 Å². The van der Waals surface area contributed by atoms with Gasteiger partial charge in [-0.1, -0.05) is 65.5 Å². The smallest absolute Gasteiger partial charge is 0.224 e. The molecule has 3 heteroatoms. The summed E-state index contributed by atoms with van der Waals surface area (Å²) >= 11 is 0. The molecular formula is C28H39NO2. The number of nitrogens with one attached hydrogen (secondary N) is 1. The molecule has 2 aromatic carbocycles. The number of aryl methyl sites for hydroxylation is 1. The van der Waals surface area contributed by atoms with Gasteiger partial charge >= 0.3 is 0 Å². The van der Waals surface area contributed by atoms with Crippen LogP contribution in [0, 0.1) is 19.3 Å². The van der Waals surface area contributed by atoms with Gasteiger partial charge in [0, 0.05) is 24.1 Å². The number of benzene rings is 2.